The van der Waals surface area contributed by atoms with Gasteiger partial charge in [0.05, 0.1) is 12.2 Å². The maximum atomic E-state index is 12.8. The molecule has 1 heterocycles. The van der Waals surface area contributed by atoms with E-state index in [1.54, 1.807) is 37.3 Å². The van der Waals surface area contributed by atoms with Crippen molar-refractivity contribution in [2.24, 2.45) is 0 Å². The number of benzene rings is 3. The minimum Gasteiger partial charge on any atom is -0.462 e. The molecule has 6 nitrogen and oxygen atoms in total. The van der Waals surface area contributed by atoms with Crippen LogP contribution in [0.2, 0.25) is 0 Å². The molecule has 1 amide bonds. The molecule has 168 valence electrons. The highest BCUT2D eigenvalue weighted by Gasteiger charge is 2.14. The van der Waals surface area contributed by atoms with E-state index in [2.05, 4.69) is 22.0 Å². The second-order valence-corrected chi connectivity index (χ2v) is 7.64. The summed E-state index contributed by atoms with van der Waals surface area (Å²) in [6, 6.07) is 26.3. The van der Waals surface area contributed by atoms with Gasteiger partial charge in [0.1, 0.15) is 11.6 Å². The van der Waals surface area contributed by atoms with Crippen molar-refractivity contribution in [1.82, 2.24) is 4.57 Å². The van der Waals surface area contributed by atoms with Crippen molar-refractivity contribution in [1.29, 1.82) is 5.26 Å². The number of esters is 1. The third-order valence-electron chi connectivity index (χ3n) is 5.33. The van der Waals surface area contributed by atoms with Crippen LogP contribution >= 0.6 is 0 Å². The number of amides is 1. The van der Waals surface area contributed by atoms with Gasteiger partial charge in [-0.05, 0) is 48.9 Å². The number of rotatable bonds is 7. The third kappa shape index (κ3) is 5.05. The number of nitrogens with one attached hydrogen (secondary N) is 1. The lowest BCUT2D eigenvalue weighted by Crippen LogP contribution is -2.13. The van der Waals surface area contributed by atoms with Crippen LogP contribution < -0.4 is 5.32 Å². The van der Waals surface area contributed by atoms with Crippen LogP contribution in [0.3, 0.4) is 0 Å². The lowest BCUT2D eigenvalue weighted by molar-refractivity contribution is -0.112. The quantitative estimate of drug-likeness (QED) is 0.232. The number of nitrogens with zero attached hydrogens (tertiary/aromatic N) is 2. The predicted octanol–water partition coefficient (Wildman–Crippen LogP) is 5.41. The summed E-state index contributed by atoms with van der Waals surface area (Å²) in [4.78, 5) is 24.6. The Labute approximate surface area is 197 Å². The number of carbonyl (C=O) groups is 2. The lowest BCUT2D eigenvalue weighted by atomic mass is 10.1. The van der Waals surface area contributed by atoms with Crippen molar-refractivity contribution >= 4 is 34.5 Å². The lowest BCUT2D eigenvalue weighted by Gasteiger charge is -2.06. The van der Waals surface area contributed by atoms with Gasteiger partial charge in [-0.25, -0.2) is 4.79 Å². The fraction of sp³-hybridized carbons (Fsp3) is 0.107. The van der Waals surface area contributed by atoms with E-state index in [1.165, 1.54) is 0 Å². The minimum atomic E-state index is -0.522. The zero-order valence-corrected chi connectivity index (χ0v) is 18.7. The molecule has 0 bridgehead atoms. The molecular formula is C28H23N3O3. The molecule has 0 atom stereocenters. The van der Waals surface area contributed by atoms with Crippen LogP contribution in [0.4, 0.5) is 5.69 Å². The van der Waals surface area contributed by atoms with Gasteiger partial charge in [0, 0.05) is 34.9 Å². The Morgan fingerprint density at radius 1 is 1.00 bits per heavy atom. The van der Waals surface area contributed by atoms with Gasteiger partial charge < -0.3 is 14.6 Å². The summed E-state index contributed by atoms with van der Waals surface area (Å²) in [6.07, 6.45) is 3.56. The fourth-order valence-electron chi connectivity index (χ4n) is 3.71. The maximum Gasteiger partial charge on any atom is 0.338 e. The summed E-state index contributed by atoms with van der Waals surface area (Å²) in [7, 11) is 0. The molecule has 0 aliphatic heterocycles. The normalized spacial score (nSPS) is 11.1. The van der Waals surface area contributed by atoms with Gasteiger partial charge >= 0.3 is 5.97 Å². The molecule has 0 fully saturated rings. The standard InChI is InChI=1S/C28H23N3O3/c1-2-34-28(33)21-12-14-24(15-13-21)30-27(32)22(17-29)16-23-19-31(18-20-8-4-3-5-9-20)26-11-7-6-10-25(23)26/h3-16,19H,2,18H2,1H3,(H,30,32)/b22-16+. The largest absolute Gasteiger partial charge is 0.462 e. The average molecular weight is 450 g/mol. The van der Waals surface area contributed by atoms with Gasteiger partial charge in [0.25, 0.3) is 5.91 Å². The van der Waals surface area contributed by atoms with E-state index in [1.807, 2.05) is 54.7 Å². The maximum absolute atomic E-state index is 12.8. The zero-order chi connectivity index (χ0) is 23.9. The van der Waals surface area contributed by atoms with Crippen molar-refractivity contribution in [3.63, 3.8) is 0 Å². The van der Waals surface area contributed by atoms with Crippen LogP contribution in [0, 0.1) is 11.3 Å². The third-order valence-corrected chi connectivity index (χ3v) is 5.33. The number of carbonyl (C=O) groups excluding carboxylic acids is 2. The Morgan fingerprint density at radius 2 is 1.71 bits per heavy atom. The van der Waals surface area contributed by atoms with E-state index in [9.17, 15) is 14.9 Å². The summed E-state index contributed by atoms with van der Waals surface area (Å²) in [5.74, 6) is -0.948. The molecule has 34 heavy (non-hydrogen) atoms. The Morgan fingerprint density at radius 3 is 2.41 bits per heavy atom. The fourth-order valence-corrected chi connectivity index (χ4v) is 3.71. The molecule has 0 unspecified atom stereocenters. The molecule has 6 heteroatoms. The summed E-state index contributed by atoms with van der Waals surface area (Å²) in [5.41, 5.74) is 3.81. The molecular weight excluding hydrogens is 426 g/mol. The Hall–Kier alpha value is -4.63. The highest BCUT2D eigenvalue weighted by molar-refractivity contribution is 6.11. The number of hydrogen-bond donors (Lipinski definition) is 1. The van der Waals surface area contributed by atoms with Gasteiger partial charge in [-0.2, -0.15) is 5.26 Å². The molecule has 0 saturated heterocycles. The zero-order valence-electron chi connectivity index (χ0n) is 18.7. The first-order valence-electron chi connectivity index (χ1n) is 10.9. The Kier molecular flexibility index (Phi) is 6.85. The van der Waals surface area contributed by atoms with Crippen molar-refractivity contribution in [2.45, 2.75) is 13.5 Å². The average Bonchev–Trinajstić information content (AvgIpc) is 3.20. The smallest absolute Gasteiger partial charge is 0.338 e. The second kappa shape index (κ2) is 10.3. The van der Waals surface area contributed by atoms with E-state index in [0.29, 0.717) is 17.8 Å². The minimum absolute atomic E-state index is 0.0166. The Balaban J connectivity index is 1.58. The molecule has 0 spiro atoms. The van der Waals surface area contributed by atoms with Gasteiger partial charge in [0.2, 0.25) is 0 Å². The molecule has 4 rings (SSSR count). The van der Waals surface area contributed by atoms with E-state index >= 15 is 0 Å². The SMILES string of the molecule is CCOC(=O)c1ccc(NC(=O)/C(C#N)=C/c2cn(Cc3ccccc3)c3ccccc23)cc1. The first-order valence-corrected chi connectivity index (χ1v) is 10.9. The summed E-state index contributed by atoms with van der Waals surface area (Å²) in [6.45, 7) is 2.70. The summed E-state index contributed by atoms with van der Waals surface area (Å²) >= 11 is 0. The number of nitriles is 1. The number of ether oxygens (including phenoxy) is 1. The molecule has 0 aliphatic carbocycles. The van der Waals surface area contributed by atoms with Crippen LogP contribution in [0.25, 0.3) is 17.0 Å². The number of hydrogen-bond acceptors (Lipinski definition) is 4. The summed E-state index contributed by atoms with van der Waals surface area (Å²) < 4.78 is 7.07. The van der Waals surface area contributed by atoms with Gasteiger partial charge in [-0.3, -0.25) is 4.79 Å². The number of aromatic nitrogens is 1. The molecule has 1 N–H and O–H groups in total. The first kappa shape index (κ1) is 22.6. The number of para-hydroxylation sites is 1. The first-order chi connectivity index (χ1) is 16.6. The summed E-state index contributed by atoms with van der Waals surface area (Å²) in [5, 5.41) is 13.4. The molecule has 0 radical (unpaired) electrons. The molecule has 0 saturated carbocycles. The highest BCUT2D eigenvalue weighted by atomic mass is 16.5. The van der Waals surface area contributed by atoms with E-state index in [0.717, 1.165) is 22.0 Å². The topological polar surface area (TPSA) is 84.1 Å². The van der Waals surface area contributed by atoms with Gasteiger partial charge in [0.15, 0.2) is 0 Å². The van der Waals surface area contributed by atoms with Crippen LogP contribution in [0.1, 0.15) is 28.4 Å². The van der Waals surface area contributed by atoms with Crippen LogP contribution in [0.15, 0.2) is 90.6 Å². The predicted molar refractivity (Wildman–Crippen MR) is 132 cm³/mol. The van der Waals surface area contributed by atoms with E-state index < -0.39 is 11.9 Å². The van der Waals surface area contributed by atoms with Gasteiger partial charge in [-0.15, -0.1) is 0 Å². The van der Waals surface area contributed by atoms with E-state index in [4.69, 9.17) is 4.74 Å². The molecule has 0 aliphatic rings. The van der Waals surface area contributed by atoms with E-state index in [-0.39, 0.29) is 12.2 Å². The molecule has 3 aromatic carbocycles. The van der Waals surface area contributed by atoms with Crippen molar-refractivity contribution < 1.29 is 14.3 Å². The van der Waals surface area contributed by atoms with Crippen molar-refractivity contribution in [3.05, 3.63) is 107 Å². The highest BCUT2D eigenvalue weighted by Crippen LogP contribution is 2.25. The van der Waals surface area contributed by atoms with Crippen LogP contribution in [-0.2, 0) is 16.1 Å². The van der Waals surface area contributed by atoms with Crippen molar-refractivity contribution in [2.75, 3.05) is 11.9 Å². The Bertz CT molecular complexity index is 1390. The number of anilines is 1. The van der Waals surface area contributed by atoms with Crippen molar-refractivity contribution in [3.8, 4) is 6.07 Å². The number of fused-ring (bicyclic) bond motifs is 1. The second-order valence-electron chi connectivity index (χ2n) is 7.64. The monoisotopic (exact) mass is 449 g/mol. The molecule has 4 aromatic rings. The van der Waals surface area contributed by atoms with Crippen LogP contribution in [0.5, 0.6) is 0 Å². The van der Waals surface area contributed by atoms with Crippen LogP contribution in [-0.4, -0.2) is 23.1 Å². The van der Waals surface area contributed by atoms with Gasteiger partial charge in [-0.1, -0.05) is 48.5 Å². The molecule has 1 aromatic heterocycles.